The van der Waals surface area contributed by atoms with Crippen LogP contribution in [0.5, 0.6) is 5.75 Å². The molecule has 1 aliphatic rings. The van der Waals surface area contributed by atoms with Crippen molar-refractivity contribution in [3.8, 4) is 5.75 Å². The monoisotopic (exact) mass is 492 g/mol. The molecule has 0 radical (unpaired) electrons. The lowest BCUT2D eigenvalue weighted by molar-refractivity contribution is -0.122. The van der Waals surface area contributed by atoms with Crippen LogP contribution < -0.4 is 4.74 Å². The Morgan fingerprint density at radius 2 is 1.85 bits per heavy atom. The second-order valence-electron chi connectivity index (χ2n) is 7.39. The number of carboxylic acid groups (broad SMARTS) is 1. The van der Waals surface area contributed by atoms with Gasteiger partial charge in [-0.15, -0.1) is 0 Å². The number of hydrogen-bond acceptors (Lipinski definition) is 5. The summed E-state index contributed by atoms with van der Waals surface area (Å²) in [6.45, 7) is 2.76. The smallest absolute Gasteiger partial charge is 0.335 e. The fourth-order valence-electron chi connectivity index (χ4n) is 3.25. The molecule has 1 aliphatic heterocycles. The third-order valence-corrected chi connectivity index (χ3v) is 6.28. The van der Waals surface area contributed by atoms with E-state index in [4.69, 9.17) is 16.3 Å². The number of halogens is 1. The number of benzene rings is 3. The Hall–Kier alpha value is -3.55. The maximum atomic E-state index is 12.9. The van der Waals surface area contributed by atoms with Gasteiger partial charge in [-0.25, -0.2) is 9.79 Å². The maximum absolute atomic E-state index is 12.9. The molecule has 3 aromatic carbocycles. The Labute approximate surface area is 206 Å². The topological polar surface area (TPSA) is 79.2 Å². The van der Waals surface area contributed by atoms with Gasteiger partial charge in [0.15, 0.2) is 5.17 Å². The van der Waals surface area contributed by atoms with E-state index >= 15 is 0 Å². The lowest BCUT2D eigenvalue weighted by atomic mass is 10.2. The van der Waals surface area contributed by atoms with Gasteiger partial charge in [0.1, 0.15) is 12.4 Å². The number of thioether (sulfide) groups is 1. The molecule has 172 valence electrons. The van der Waals surface area contributed by atoms with Crippen molar-refractivity contribution >= 4 is 52.2 Å². The molecule has 3 aromatic rings. The number of ether oxygens (including phenoxy) is 1. The van der Waals surface area contributed by atoms with E-state index in [1.165, 1.54) is 23.9 Å². The van der Waals surface area contributed by atoms with Crippen LogP contribution in [-0.2, 0) is 11.4 Å². The van der Waals surface area contributed by atoms with Gasteiger partial charge in [0.25, 0.3) is 5.91 Å². The molecule has 0 saturated carbocycles. The summed E-state index contributed by atoms with van der Waals surface area (Å²) in [4.78, 5) is 30.8. The molecule has 34 heavy (non-hydrogen) atoms. The van der Waals surface area contributed by atoms with Crippen LogP contribution in [-0.4, -0.2) is 33.6 Å². The van der Waals surface area contributed by atoms with E-state index in [1.807, 2.05) is 61.5 Å². The van der Waals surface area contributed by atoms with E-state index in [9.17, 15) is 14.7 Å². The third kappa shape index (κ3) is 5.68. The number of carboxylic acids is 1. The summed E-state index contributed by atoms with van der Waals surface area (Å²) >= 11 is 7.17. The average molecular weight is 493 g/mol. The van der Waals surface area contributed by atoms with E-state index in [2.05, 4.69) is 4.99 Å². The summed E-state index contributed by atoms with van der Waals surface area (Å²) in [7, 11) is 0. The van der Waals surface area contributed by atoms with Gasteiger partial charge in [-0.2, -0.15) is 0 Å². The molecule has 0 spiro atoms. The van der Waals surface area contributed by atoms with Crippen molar-refractivity contribution in [3.05, 3.63) is 99.4 Å². The van der Waals surface area contributed by atoms with Crippen LogP contribution in [0.25, 0.3) is 6.08 Å². The predicted molar refractivity (Wildman–Crippen MR) is 136 cm³/mol. The van der Waals surface area contributed by atoms with E-state index in [0.717, 1.165) is 16.9 Å². The lowest BCUT2D eigenvalue weighted by Crippen LogP contribution is -2.28. The van der Waals surface area contributed by atoms with Crippen LogP contribution in [0.4, 0.5) is 5.69 Å². The second-order valence-corrected chi connectivity index (χ2v) is 8.84. The zero-order valence-corrected chi connectivity index (χ0v) is 19.8. The molecule has 1 N–H and O–H groups in total. The molecule has 0 atom stereocenters. The summed E-state index contributed by atoms with van der Waals surface area (Å²) in [6, 6.07) is 21.3. The maximum Gasteiger partial charge on any atom is 0.335 e. The van der Waals surface area contributed by atoms with E-state index in [1.54, 1.807) is 17.0 Å². The highest BCUT2D eigenvalue weighted by Crippen LogP contribution is 2.34. The average Bonchev–Trinajstić information content (AvgIpc) is 3.13. The van der Waals surface area contributed by atoms with Gasteiger partial charge < -0.3 is 9.84 Å². The first-order chi connectivity index (χ1) is 16.4. The fourth-order valence-corrected chi connectivity index (χ4v) is 4.44. The Morgan fingerprint density at radius 1 is 1.12 bits per heavy atom. The number of aromatic carboxylic acids is 1. The number of amides is 1. The molecule has 1 saturated heterocycles. The number of carbonyl (C=O) groups excluding carboxylic acids is 1. The second kappa shape index (κ2) is 10.6. The highest BCUT2D eigenvalue weighted by Gasteiger charge is 2.32. The number of rotatable bonds is 7. The molecule has 1 heterocycles. The first kappa shape index (κ1) is 23.6. The Bertz CT molecular complexity index is 1270. The first-order valence-electron chi connectivity index (χ1n) is 10.5. The van der Waals surface area contributed by atoms with Crippen molar-refractivity contribution in [1.29, 1.82) is 0 Å². The van der Waals surface area contributed by atoms with Gasteiger partial charge in [0, 0.05) is 11.6 Å². The summed E-state index contributed by atoms with van der Waals surface area (Å²) in [6.07, 6.45) is 1.81. The van der Waals surface area contributed by atoms with Crippen molar-refractivity contribution in [2.24, 2.45) is 4.99 Å². The molecule has 0 unspecified atom stereocenters. The van der Waals surface area contributed by atoms with Crippen LogP contribution in [0.3, 0.4) is 0 Å². The number of hydrogen-bond donors (Lipinski definition) is 1. The van der Waals surface area contributed by atoms with Gasteiger partial charge >= 0.3 is 5.97 Å². The quantitative estimate of drug-likeness (QED) is 0.395. The minimum absolute atomic E-state index is 0.135. The molecule has 0 aromatic heterocycles. The number of nitrogens with zero attached hydrogens (tertiary/aromatic N) is 2. The number of likely N-dealkylation sites (N-methyl/N-ethyl adjacent to an activating group) is 1. The van der Waals surface area contributed by atoms with Gasteiger partial charge in [-0.1, -0.05) is 41.9 Å². The normalized spacial score (nSPS) is 15.8. The minimum atomic E-state index is -1.02. The number of carbonyl (C=O) groups is 2. The fraction of sp³-hybridized carbons (Fsp3) is 0.115. The van der Waals surface area contributed by atoms with Crippen molar-refractivity contribution < 1.29 is 19.4 Å². The van der Waals surface area contributed by atoms with Crippen LogP contribution in [0, 0.1) is 0 Å². The molecule has 6 nitrogen and oxygen atoms in total. The number of amidine groups is 1. The molecule has 4 rings (SSSR count). The summed E-state index contributed by atoms with van der Waals surface area (Å²) in [5, 5.41) is 10.4. The Morgan fingerprint density at radius 3 is 2.53 bits per heavy atom. The van der Waals surface area contributed by atoms with Crippen molar-refractivity contribution in [2.75, 3.05) is 6.54 Å². The first-order valence-corrected chi connectivity index (χ1v) is 11.7. The van der Waals surface area contributed by atoms with Crippen molar-refractivity contribution in [2.45, 2.75) is 13.5 Å². The van der Waals surface area contributed by atoms with Crippen LogP contribution >= 0.6 is 23.4 Å². The molecular weight excluding hydrogens is 472 g/mol. The summed E-state index contributed by atoms with van der Waals surface area (Å²) < 4.78 is 5.82. The van der Waals surface area contributed by atoms with Crippen LogP contribution in [0.1, 0.15) is 28.4 Å². The summed E-state index contributed by atoms with van der Waals surface area (Å²) in [5.74, 6) is -0.437. The highest BCUT2D eigenvalue weighted by atomic mass is 35.5. The zero-order valence-electron chi connectivity index (χ0n) is 18.3. The van der Waals surface area contributed by atoms with Gasteiger partial charge in [-0.05, 0) is 78.4 Å². The standard InChI is InChI=1S/C26H21ClN2O4S/c1-2-29-24(30)23(34-26(29)28-21-5-3-4-19(15-21)25(31)32)14-17-8-12-22(13-9-17)33-16-18-6-10-20(27)11-7-18/h3-15H,2,16H2,1H3,(H,31,32). The highest BCUT2D eigenvalue weighted by molar-refractivity contribution is 8.18. The molecule has 1 amide bonds. The zero-order chi connectivity index (χ0) is 24.1. The minimum Gasteiger partial charge on any atom is -0.489 e. The Kier molecular flexibility index (Phi) is 7.35. The Balaban J connectivity index is 1.48. The summed E-state index contributed by atoms with van der Waals surface area (Å²) in [5.41, 5.74) is 2.51. The molecule has 0 aliphatic carbocycles. The van der Waals surface area contributed by atoms with E-state index in [0.29, 0.717) is 33.9 Å². The largest absolute Gasteiger partial charge is 0.489 e. The lowest BCUT2D eigenvalue weighted by Gasteiger charge is -2.12. The van der Waals surface area contributed by atoms with Crippen LogP contribution in [0.15, 0.2) is 82.7 Å². The SMILES string of the molecule is CCN1C(=O)C(=Cc2ccc(OCc3ccc(Cl)cc3)cc2)SC1=Nc1cccc(C(=O)O)c1. The van der Waals surface area contributed by atoms with Crippen LogP contribution in [0.2, 0.25) is 5.02 Å². The molecule has 1 fully saturated rings. The van der Waals surface area contributed by atoms with Gasteiger partial charge in [0.05, 0.1) is 16.2 Å². The van der Waals surface area contributed by atoms with Gasteiger partial charge in [-0.3, -0.25) is 9.69 Å². The van der Waals surface area contributed by atoms with Crippen molar-refractivity contribution in [1.82, 2.24) is 4.90 Å². The molecule has 8 heteroatoms. The predicted octanol–water partition coefficient (Wildman–Crippen LogP) is 6.24. The van der Waals surface area contributed by atoms with E-state index in [-0.39, 0.29) is 11.5 Å². The third-order valence-electron chi connectivity index (χ3n) is 5.02. The van der Waals surface area contributed by atoms with Crippen molar-refractivity contribution in [3.63, 3.8) is 0 Å². The molecule has 0 bridgehead atoms. The van der Waals surface area contributed by atoms with Gasteiger partial charge in [0.2, 0.25) is 0 Å². The van der Waals surface area contributed by atoms with E-state index < -0.39 is 5.97 Å². The molecular formula is C26H21ClN2O4S. The number of aliphatic imine (C=N–C) groups is 1.